The van der Waals surface area contributed by atoms with Crippen LogP contribution in [0.5, 0.6) is 5.75 Å². The van der Waals surface area contributed by atoms with Crippen molar-refractivity contribution in [1.82, 2.24) is 4.98 Å². The maximum atomic E-state index is 12.9. The predicted molar refractivity (Wildman–Crippen MR) is 98.3 cm³/mol. The number of amides is 1. The molecule has 0 spiro atoms. The lowest BCUT2D eigenvalue weighted by Gasteiger charge is -2.04. The SMILES string of the molecule is O=C(Cc1csc(COc2ccc(F)cc2)n1)Nc1cccc([N+](=O)[O-])c1. The molecule has 0 saturated heterocycles. The number of thiazole rings is 1. The number of nitrogens with zero attached hydrogens (tertiary/aromatic N) is 2. The Balaban J connectivity index is 1.53. The molecule has 0 bridgehead atoms. The molecule has 3 aromatic rings. The molecule has 7 nitrogen and oxygen atoms in total. The molecule has 138 valence electrons. The van der Waals surface area contributed by atoms with E-state index in [-0.39, 0.29) is 30.4 Å². The minimum absolute atomic E-state index is 0.0374. The van der Waals surface area contributed by atoms with Crippen LogP contribution in [-0.2, 0) is 17.8 Å². The molecule has 1 heterocycles. The highest BCUT2D eigenvalue weighted by Crippen LogP contribution is 2.19. The largest absolute Gasteiger partial charge is 0.486 e. The highest BCUT2D eigenvalue weighted by molar-refractivity contribution is 7.09. The van der Waals surface area contributed by atoms with Crippen molar-refractivity contribution in [3.05, 3.63) is 80.5 Å². The number of ether oxygens (including phenoxy) is 1. The van der Waals surface area contributed by atoms with Gasteiger partial charge < -0.3 is 10.1 Å². The fourth-order valence-electron chi connectivity index (χ4n) is 2.24. The minimum atomic E-state index is -0.524. The monoisotopic (exact) mass is 387 g/mol. The van der Waals surface area contributed by atoms with Crippen LogP contribution in [0.1, 0.15) is 10.7 Å². The third-order valence-electron chi connectivity index (χ3n) is 3.46. The lowest BCUT2D eigenvalue weighted by molar-refractivity contribution is -0.384. The molecule has 0 fully saturated rings. The van der Waals surface area contributed by atoms with Gasteiger partial charge in [-0.3, -0.25) is 14.9 Å². The minimum Gasteiger partial charge on any atom is -0.486 e. The summed E-state index contributed by atoms with van der Waals surface area (Å²) in [5.74, 6) is -0.142. The number of nitro groups is 1. The van der Waals surface area contributed by atoms with Crippen LogP contribution in [0.25, 0.3) is 0 Å². The molecule has 0 radical (unpaired) electrons. The van der Waals surface area contributed by atoms with Gasteiger partial charge in [-0.1, -0.05) is 6.07 Å². The average Bonchev–Trinajstić information content (AvgIpc) is 3.08. The first-order valence-electron chi connectivity index (χ1n) is 7.85. The number of rotatable bonds is 7. The van der Waals surface area contributed by atoms with E-state index in [2.05, 4.69) is 10.3 Å². The molecule has 2 aromatic carbocycles. The Kier molecular flexibility index (Phi) is 5.72. The summed E-state index contributed by atoms with van der Waals surface area (Å²) in [6.45, 7) is 0.211. The van der Waals surface area contributed by atoms with Crippen LogP contribution in [0.2, 0.25) is 0 Å². The van der Waals surface area contributed by atoms with E-state index in [1.54, 1.807) is 11.4 Å². The van der Waals surface area contributed by atoms with Crippen LogP contribution in [0, 0.1) is 15.9 Å². The molecule has 0 aliphatic heterocycles. The first-order valence-corrected chi connectivity index (χ1v) is 8.73. The smallest absolute Gasteiger partial charge is 0.271 e. The van der Waals surface area contributed by atoms with Gasteiger partial charge in [0.05, 0.1) is 17.0 Å². The number of carbonyl (C=O) groups is 1. The zero-order valence-electron chi connectivity index (χ0n) is 13.9. The van der Waals surface area contributed by atoms with E-state index < -0.39 is 4.92 Å². The van der Waals surface area contributed by atoms with Crippen LogP contribution in [0.15, 0.2) is 53.9 Å². The summed E-state index contributed by atoms with van der Waals surface area (Å²) in [5.41, 5.74) is 0.826. The first-order chi connectivity index (χ1) is 13.0. The van der Waals surface area contributed by atoms with Gasteiger partial charge in [0.15, 0.2) is 0 Å². The molecule has 0 atom stereocenters. The summed E-state index contributed by atoms with van der Waals surface area (Å²) < 4.78 is 18.4. The summed E-state index contributed by atoms with van der Waals surface area (Å²) in [4.78, 5) is 26.7. The van der Waals surface area contributed by atoms with E-state index in [9.17, 15) is 19.3 Å². The summed E-state index contributed by atoms with van der Waals surface area (Å²) >= 11 is 1.35. The third kappa shape index (κ3) is 5.32. The number of nitrogens with one attached hydrogen (secondary N) is 1. The van der Waals surface area contributed by atoms with Crippen molar-refractivity contribution in [3.63, 3.8) is 0 Å². The zero-order chi connectivity index (χ0) is 19.2. The summed E-state index contributed by atoms with van der Waals surface area (Å²) in [6.07, 6.45) is 0.0374. The molecule has 9 heteroatoms. The maximum absolute atomic E-state index is 12.9. The Morgan fingerprint density at radius 1 is 1.26 bits per heavy atom. The van der Waals surface area contributed by atoms with E-state index in [4.69, 9.17) is 4.74 Å². The Hall–Kier alpha value is -3.33. The Bertz CT molecular complexity index is 959. The number of nitro benzene ring substituents is 1. The molecule has 0 aliphatic rings. The number of aromatic nitrogens is 1. The molecule has 0 saturated carbocycles. The quantitative estimate of drug-likeness (QED) is 0.489. The summed E-state index contributed by atoms with van der Waals surface area (Å²) in [5, 5.41) is 15.8. The number of non-ortho nitro benzene ring substituents is 1. The highest BCUT2D eigenvalue weighted by Gasteiger charge is 2.11. The lowest BCUT2D eigenvalue weighted by Crippen LogP contribution is -2.14. The zero-order valence-corrected chi connectivity index (χ0v) is 14.7. The van der Waals surface area contributed by atoms with Crippen molar-refractivity contribution < 1.29 is 18.8 Å². The molecule has 1 amide bonds. The standard InChI is InChI=1S/C18H14FN3O4S/c19-12-4-6-16(7-5-12)26-10-18-21-14(11-27-18)9-17(23)20-13-2-1-3-15(8-13)22(24)25/h1-8,11H,9-10H2,(H,20,23). The van der Waals surface area contributed by atoms with Gasteiger partial charge in [0.25, 0.3) is 5.69 Å². The van der Waals surface area contributed by atoms with Gasteiger partial charge in [-0.25, -0.2) is 9.37 Å². The molecule has 27 heavy (non-hydrogen) atoms. The number of carbonyl (C=O) groups excluding carboxylic acids is 1. The third-order valence-corrected chi connectivity index (χ3v) is 4.33. The van der Waals surface area contributed by atoms with Crippen molar-refractivity contribution in [2.45, 2.75) is 13.0 Å². The molecule has 3 rings (SSSR count). The Labute approximate surface area is 157 Å². The van der Waals surface area contributed by atoms with Gasteiger partial charge in [0, 0.05) is 23.2 Å². The predicted octanol–water partition coefficient (Wildman–Crippen LogP) is 3.95. The Morgan fingerprint density at radius 2 is 2.04 bits per heavy atom. The average molecular weight is 387 g/mol. The van der Waals surface area contributed by atoms with Gasteiger partial charge in [0.2, 0.25) is 5.91 Å². The van der Waals surface area contributed by atoms with Crippen molar-refractivity contribution in [2.24, 2.45) is 0 Å². The van der Waals surface area contributed by atoms with E-state index in [1.807, 2.05) is 0 Å². The Morgan fingerprint density at radius 3 is 2.78 bits per heavy atom. The van der Waals surface area contributed by atoms with Gasteiger partial charge in [0.1, 0.15) is 23.2 Å². The van der Waals surface area contributed by atoms with E-state index in [1.165, 1.54) is 53.8 Å². The second-order valence-electron chi connectivity index (χ2n) is 5.51. The van der Waals surface area contributed by atoms with Crippen molar-refractivity contribution in [1.29, 1.82) is 0 Å². The van der Waals surface area contributed by atoms with Crippen molar-refractivity contribution >= 4 is 28.6 Å². The van der Waals surface area contributed by atoms with Gasteiger partial charge in [-0.05, 0) is 30.3 Å². The normalized spacial score (nSPS) is 10.4. The van der Waals surface area contributed by atoms with Crippen molar-refractivity contribution in [2.75, 3.05) is 5.32 Å². The van der Waals surface area contributed by atoms with Gasteiger partial charge >= 0.3 is 0 Å². The van der Waals surface area contributed by atoms with Crippen LogP contribution < -0.4 is 10.1 Å². The second kappa shape index (κ2) is 8.37. The summed E-state index contributed by atoms with van der Waals surface area (Å²) in [7, 11) is 0. The molecule has 0 aliphatic carbocycles. The van der Waals surface area contributed by atoms with Crippen molar-refractivity contribution in [3.8, 4) is 5.75 Å². The molecular weight excluding hydrogens is 373 g/mol. The van der Waals surface area contributed by atoms with Crippen LogP contribution >= 0.6 is 11.3 Å². The fourth-order valence-corrected chi connectivity index (χ4v) is 2.94. The molecule has 1 aromatic heterocycles. The van der Waals surface area contributed by atoms with E-state index >= 15 is 0 Å². The van der Waals surface area contributed by atoms with E-state index in [0.29, 0.717) is 22.1 Å². The maximum Gasteiger partial charge on any atom is 0.271 e. The number of hydrogen-bond acceptors (Lipinski definition) is 6. The lowest BCUT2D eigenvalue weighted by atomic mass is 10.2. The topological polar surface area (TPSA) is 94.4 Å². The van der Waals surface area contributed by atoms with Gasteiger partial charge in [-0.2, -0.15) is 0 Å². The number of benzene rings is 2. The van der Waals surface area contributed by atoms with Crippen LogP contribution in [0.3, 0.4) is 0 Å². The van der Waals surface area contributed by atoms with Gasteiger partial charge in [-0.15, -0.1) is 11.3 Å². The van der Waals surface area contributed by atoms with Crippen LogP contribution in [-0.4, -0.2) is 15.8 Å². The molecular formula is C18H14FN3O4S. The number of anilines is 1. The molecule has 1 N–H and O–H groups in total. The fraction of sp³-hybridized carbons (Fsp3) is 0.111. The summed E-state index contributed by atoms with van der Waals surface area (Å²) in [6, 6.07) is 11.4. The number of hydrogen-bond donors (Lipinski definition) is 1. The molecule has 0 unspecified atom stereocenters. The number of halogens is 1. The second-order valence-corrected chi connectivity index (χ2v) is 6.45. The first kappa shape index (κ1) is 18.5. The van der Waals surface area contributed by atoms with Crippen LogP contribution in [0.4, 0.5) is 15.8 Å². The van der Waals surface area contributed by atoms with E-state index in [0.717, 1.165) is 0 Å². The highest BCUT2D eigenvalue weighted by atomic mass is 32.1.